The van der Waals surface area contributed by atoms with E-state index >= 15 is 0 Å². The number of nitrogens with one attached hydrogen (secondary N) is 2. The Bertz CT molecular complexity index is 658. The lowest BCUT2D eigenvalue weighted by atomic mass is 10.2. The third-order valence-corrected chi connectivity index (χ3v) is 3.68. The van der Waals surface area contributed by atoms with Gasteiger partial charge in [-0.15, -0.1) is 0 Å². The highest BCUT2D eigenvalue weighted by molar-refractivity contribution is 6.31. The number of aromatic nitrogens is 1. The maximum atomic E-state index is 12.0. The second-order valence-corrected chi connectivity index (χ2v) is 5.54. The number of halogens is 1. The number of aryl methyl sites for hydroxylation is 1. The summed E-state index contributed by atoms with van der Waals surface area (Å²) in [6, 6.07) is 9.30. The predicted octanol–water partition coefficient (Wildman–Crippen LogP) is 4.32. The number of hydrogen-bond acceptors (Lipinski definition) is 3. The molecule has 1 amide bonds. The van der Waals surface area contributed by atoms with E-state index in [1.807, 2.05) is 31.2 Å². The lowest BCUT2D eigenvalue weighted by Gasteiger charge is -2.09. The monoisotopic (exact) mass is 317 g/mol. The van der Waals surface area contributed by atoms with Crippen LogP contribution in [0.2, 0.25) is 5.02 Å². The molecule has 1 aromatic carbocycles. The zero-order valence-corrected chi connectivity index (χ0v) is 13.6. The molecule has 0 aliphatic carbocycles. The third kappa shape index (κ3) is 4.46. The summed E-state index contributed by atoms with van der Waals surface area (Å²) in [5, 5.41) is 6.79. The minimum absolute atomic E-state index is 0.154. The van der Waals surface area contributed by atoms with Crippen LogP contribution in [-0.2, 0) is 0 Å². The predicted molar refractivity (Wildman–Crippen MR) is 90.9 cm³/mol. The van der Waals surface area contributed by atoms with Gasteiger partial charge in [0.15, 0.2) is 0 Å². The summed E-state index contributed by atoms with van der Waals surface area (Å²) in [6.07, 6.45) is 3.63. The average molecular weight is 318 g/mol. The summed E-state index contributed by atoms with van der Waals surface area (Å²) < 4.78 is 0. The molecule has 0 saturated heterocycles. The van der Waals surface area contributed by atoms with Crippen molar-refractivity contribution >= 4 is 28.9 Å². The Balaban J connectivity index is 2.07. The van der Waals surface area contributed by atoms with Gasteiger partial charge >= 0.3 is 0 Å². The van der Waals surface area contributed by atoms with E-state index in [1.54, 1.807) is 12.3 Å². The molecule has 5 heteroatoms. The van der Waals surface area contributed by atoms with Gasteiger partial charge in [-0.05, 0) is 43.2 Å². The van der Waals surface area contributed by atoms with Crippen molar-refractivity contribution in [3.63, 3.8) is 0 Å². The molecule has 0 radical (unpaired) electrons. The van der Waals surface area contributed by atoms with Crippen LogP contribution in [0.5, 0.6) is 0 Å². The fourth-order valence-corrected chi connectivity index (χ4v) is 2.12. The third-order valence-electron chi connectivity index (χ3n) is 3.27. The number of pyridine rings is 1. The lowest BCUT2D eigenvalue weighted by Crippen LogP contribution is -2.25. The number of carbonyl (C=O) groups is 1. The first-order valence-corrected chi connectivity index (χ1v) is 7.75. The summed E-state index contributed by atoms with van der Waals surface area (Å²) in [5.41, 5.74) is 3.10. The molecule has 1 heterocycles. The zero-order chi connectivity index (χ0) is 15.9. The number of nitrogens with zero attached hydrogens (tertiary/aromatic N) is 1. The molecule has 0 atom stereocenters. The van der Waals surface area contributed by atoms with Gasteiger partial charge in [0.05, 0.1) is 0 Å². The summed E-state index contributed by atoms with van der Waals surface area (Å²) >= 11 is 6.12. The van der Waals surface area contributed by atoms with Gasteiger partial charge in [0.2, 0.25) is 0 Å². The summed E-state index contributed by atoms with van der Waals surface area (Å²) in [7, 11) is 0. The Morgan fingerprint density at radius 2 is 2.00 bits per heavy atom. The summed E-state index contributed by atoms with van der Waals surface area (Å²) in [4.78, 5) is 16.1. The first kappa shape index (κ1) is 16.3. The van der Waals surface area contributed by atoms with E-state index in [0.29, 0.717) is 17.3 Å². The van der Waals surface area contributed by atoms with Crippen LogP contribution in [0.1, 0.15) is 35.8 Å². The van der Waals surface area contributed by atoms with E-state index in [0.717, 1.165) is 29.8 Å². The minimum atomic E-state index is -0.154. The Morgan fingerprint density at radius 1 is 1.23 bits per heavy atom. The number of hydrogen-bond donors (Lipinski definition) is 2. The van der Waals surface area contributed by atoms with E-state index in [9.17, 15) is 4.79 Å². The van der Waals surface area contributed by atoms with Gasteiger partial charge in [-0.25, -0.2) is 0 Å². The molecule has 0 unspecified atom stereocenters. The topological polar surface area (TPSA) is 54.0 Å². The molecule has 0 fully saturated rings. The number of anilines is 2. The van der Waals surface area contributed by atoms with Crippen molar-refractivity contribution in [2.24, 2.45) is 0 Å². The van der Waals surface area contributed by atoms with Crippen LogP contribution in [0.25, 0.3) is 0 Å². The number of carbonyl (C=O) groups excluding carboxylic acids is 1. The first-order valence-electron chi connectivity index (χ1n) is 7.37. The highest BCUT2D eigenvalue weighted by Gasteiger charge is 2.07. The molecule has 2 N–H and O–H groups in total. The Hall–Kier alpha value is -2.07. The van der Waals surface area contributed by atoms with Gasteiger partial charge < -0.3 is 10.6 Å². The van der Waals surface area contributed by atoms with E-state index in [1.165, 1.54) is 0 Å². The van der Waals surface area contributed by atoms with Crippen LogP contribution < -0.4 is 10.6 Å². The quantitative estimate of drug-likeness (QED) is 0.780. The van der Waals surface area contributed by atoms with Gasteiger partial charge in [0, 0.05) is 29.1 Å². The number of rotatable bonds is 6. The SMILES string of the molecule is CCCCNC(=O)c1cc(Nc2ccc(C)c(Cl)c2)ccn1. The number of benzene rings is 1. The Kier molecular flexibility index (Phi) is 5.78. The van der Waals surface area contributed by atoms with Crippen LogP contribution in [-0.4, -0.2) is 17.4 Å². The zero-order valence-electron chi connectivity index (χ0n) is 12.8. The molecule has 0 aliphatic rings. The van der Waals surface area contributed by atoms with Crippen molar-refractivity contribution < 1.29 is 4.79 Å². The maximum absolute atomic E-state index is 12.0. The first-order chi connectivity index (χ1) is 10.6. The second-order valence-electron chi connectivity index (χ2n) is 5.13. The van der Waals surface area contributed by atoms with E-state index in [-0.39, 0.29) is 5.91 Å². The van der Waals surface area contributed by atoms with E-state index in [4.69, 9.17) is 11.6 Å². The van der Waals surface area contributed by atoms with Crippen LogP contribution >= 0.6 is 11.6 Å². The second kappa shape index (κ2) is 7.80. The van der Waals surface area contributed by atoms with E-state index in [2.05, 4.69) is 22.5 Å². The van der Waals surface area contributed by atoms with Crippen LogP contribution in [0.3, 0.4) is 0 Å². The fraction of sp³-hybridized carbons (Fsp3) is 0.294. The molecule has 0 spiro atoms. The van der Waals surface area contributed by atoms with Crippen LogP contribution in [0.4, 0.5) is 11.4 Å². The molecule has 22 heavy (non-hydrogen) atoms. The fourth-order valence-electron chi connectivity index (χ4n) is 1.94. The highest BCUT2D eigenvalue weighted by atomic mass is 35.5. The average Bonchev–Trinajstić information content (AvgIpc) is 2.51. The van der Waals surface area contributed by atoms with Crippen molar-refractivity contribution in [1.29, 1.82) is 0 Å². The number of unbranched alkanes of at least 4 members (excludes halogenated alkanes) is 1. The lowest BCUT2D eigenvalue weighted by molar-refractivity contribution is 0.0948. The van der Waals surface area contributed by atoms with Crippen LogP contribution in [0, 0.1) is 6.92 Å². The molecule has 0 aliphatic heterocycles. The molecular weight excluding hydrogens is 298 g/mol. The van der Waals surface area contributed by atoms with Crippen molar-refractivity contribution in [1.82, 2.24) is 10.3 Å². The largest absolute Gasteiger partial charge is 0.355 e. The van der Waals surface area contributed by atoms with Gasteiger partial charge in [0.1, 0.15) is 5.69 Å². The van der Waals surface area contributed by atoms with Gasteiger partial charge in [-0.2, -0.15) is 0 Å². The molecule has 2 aromatic rings. The molecule has 0 bridgehead atoms. The molecular formula is C17H20ClN3O. The smallest absolute Gasteiger partial charge is 0.269 e. The molecule has 1 aromatic heterocycles. The summed E-state index contributed by atoms with van der Waals surface area (Å²) in [6.45, 7) is 4.71. The molecule has 4 nitrogen and oxygen atoms in total. The normalized spacial score (nSPS) is 10.3. The van der Waals surface area contributed by atoms with Crippen molar-refractivity contribution in [3.05, 3.63) is 52.8 Å². The van der Waals surface area contributed by atoms with Gasteiger partial charge in [-0.3, -0.25) is 9.78 Å². The van der Waals surface area contributed by atoms with Crippen molar-refractivity contribution in [2.45, 2.75) is 26.7 Å². The van der Waals surface area contributed by atoms with Gasteiger partial charge in [0.25, 0.3) is 5.91 Å². The number of amides is 1. The molecule has 0 saturated carbocycles. The molecule has 2 rings (SSSR count). The van der Waals surface area contributed by atoms with Crippen molar-refractivity contribution in [2.75, 3.05) is 11.9 Å². The van der Waals surface area contributed by atoms with Crippen molar-refractivity contribution in [3.8, 4) is 0 Å². The molecule has 116 valence electrons. The highest BCUT2D eigenvalue weighted by Crippen LogP contribution is 2.23. The Labute approximate surface area is 135 Å². The Morgan fingerprint density at radius 3 is 2.73 bits per heavy atom. The van der Waals surface area contributed by atoms with Gasteiger partial charge in [-0.1, -0.05) is 31.0 Å². The maximum Gasteiger partial charge on any atom is 0.269 e. The van der Waals surface area contributed by atoms with Crippen LogP contribution in [0.15, 0.2) is 36.5 Å². The van der Waals surface area contributed by atoms with E-state index < -0.39 is 0 Å². The minimum Gasteiger partial charge on any atom is -0.355 e. The summed E-state index contributed by atoms with van der Waals surface area (Å²) in [5.74, 6) is -0.154. The standard InChI is InChI=1S/C17H20ClN3O/c1-3-4-8-20-17(22)16-11-14(7-9-19-16)21-13-6-5-12(2)15(18)10-13/h5-7,9-11H,3-4,8H2,1-2H3,(H,19,21)(H,20,22).